The Hall–Kier alpha value is -2.65. The smallest absolute Gasteiger partial charge is 0.311 e. The first kappa shape index (κ1) is 19.1. The second kappa shape index (κ2) is 8.36. The second-order valence-electron chi connectivity index (χ2n) is 7.13. The van der Waals surface area contributed by atoms with Crippen molar-refractivity contribution in [3.63, 3.8) is 0 Å². The minimum Gasteiger partial charge on any atom is -0.469 e. The molecule has 3 aromatic rings. The molecule has 140 valence electrons. The van der Waals surface area contributed by atoms with Crippen molar-refractivity contribution in [3.05, 3.63) is 83.9 Å². The molecule has 3 heteroatoms. The normalized spacial score (nSPS) is 14.5. The summed E-state index contributed by atoms with van der Waals surface area (Å²) in [6.45, 7) is 1.72. The summed E-state index contributed by atoms with van der Waals surface area (Å²) >= 11 is 0. The Labute approximate surface area is 160 Å². The lowest BCUT2D eigenvalue weighted by Gasteiger charge is -2.32. The molecule has 3 nitrogen and oxygen atoms in total. The quantitative estimate of drug-likeness (QED) is 0.611. The van der Waals surface area contributed by atoms with E-state index in [0.717, 1.165) is 29.2 Å². The van der Waals surface area contributed by atoms with Crippen molar-refractivity contribution in [2.24, 2.45) is 5.92 Å². The van der Waals surface area contributed by atoms with Crippen LogP contribution in [0.4, 0.5) is 0 Å². The molecule has 0 saturated carbocycles. The summed E-state index contributed by atoms with van der Waals surface area (Å²) in [6, 6.07) is 23.9. The average molecular weight is 362 g/mol. The van der Waals surface area contributed by atoms with Gasteiger partial charge in [0, 0.05) is 0 Å². The minimum absolute atomic E-state index is 0.374. The maximum absolute atomic E-state index is 12.5. The van der Waals surface area contributed by atoms with Crippen LogP contribution in [0.1, 0.15) is 30.9 Å². The number of aliphatic hydroxyl groups is 1. The van der Waals surface area contributed by atoms with Gasteiger partial charge in [0.1, 0.15) is 5.60 Å². The third-order valence-corrected chi connectivity index (χ3v) is 5.30. The Kier molecular flexibility index (Phi) is 5.92. The zero-order chi connectivity index (χ0) is 19.3. The summed E-state index contributed by atoms with van der Waals surface area (Å²) in [5.41, 5.74) is 0.673. The highest BCUT2D eigenvalue weighted by Crippen LogP contribution is 2.37. The van der Waals surface area contributed by atoms with Crippen molar-refractivity contribution < 1.29 is 14.6 Å². The zero-order valence-corrected chi connectivity index (χ0v) is 15.9. The van der Waals surface area contributed by atoms with Gasteiger partial charge in [-0.15, -0.1) is 0 Å². The number of methoxy groups -OCH3 is 1. The minimum atomic E-state index is -1.31. The van der Waals surface area contributed by atoms with Gasteiger partial charge in [-0.3, -0.25) is 4.79 Å². The van der Waals surface area contributed by atoms with Crippen LogP contribution in [-0.2, 0) is 21.6 Å². The van der Waals surface area contributed by atoms with E-state index in [4.69, 9.17) is 4.74 Å². The molecular weight excluding hydrogens is 336 g/mol. The molecule has 0 saturated heterocycles. The van der Waals surface area contributed by atoms with E-state index in [1.54, 1.807) is 6.92 Å². The third kappa shape index (κ3) is 4.20. The van der Waals surface area contributed by atoms with Gasteiger partial charge in [-0.2, -0.15) is 0 Å². The van der Waals surface area contributed by atoms with Crippen LogP contribution < -0.4 is 0 Å². The second-order valence-corrected chi connectivity index (χ2v) is 7.13. The molecule has 0 aliphatic carbocycles. The SMILES string of the molecule is COC(=O)[C@H](CCCc1ccccc1)[C@](C)(O)c1cccc2ccccc12. The predicted octanol–water partition coefficient (Wildman–Crippen LogP) is 4.86. The van der Waals surface area contributed by atoms with E-state index in [2.05, 4.69) is 12.1 Å². The molecule has 0 amide bonds. The largest absolute Gasteiger partial charge is 0.469 e. The number of aryl methyl sites for hydroxylation is 1. The van der Waals surface area contributed by atoms with Crippen LogP contribution in [-0.4, -0.2) is 18.2 Å². The Morgan fingerprint density at radius 1 is 1.00 bits per heavy atom. The van der Waals surface area contributed by atoms with Crippen molar-refractivity contribution in [1.29, 1.82) is 0 Å². The zero-order valence-electron chi connectivity index (χ0n) is 15.9. The van der Waals surface area contributed by atoms with Crippen molar-refractivity contribution >= 4 is 16.7 Å². The van der Waals surface area contributed by atoms with Crippen molar-refractivity contribution in [1.82, 2.24) is 0 Å². The van der Waals surface area contributed by atoms with E-state index in [9.17, 15) is 9.90 Å². The van der Waals surface area contributed by atoms with Crippen LogP contribution in [0.3, 0.4) is 0 Å². The molecule has 0 unspecified atom stereocenters. The first-order valence-electron chi connectivity index (χ1n) is 9.36. The summed E-state index contributed by atoms with van der Waals surface area (Å²) < 4.78 is 5.04. The summed E-state index contributed by atoms with van der Waals surface area (Å²) in [6.07, 6.45) is 2.21. The summed E-state index contributed by atoms with van der Waals surface area (Å²) in [5.74, 6) is -1.00. The molecule has 2 atom stereocenters. The predicted molar refractivity (Wildman–Crippen MR) is 108 cm³/mol. The number of hydrogen-bond acceptors (Lipinski definition) is 3. The topological polar surface area (TPSA) is 46.5 Å². The fourth-order valence-electron chi connectivity index (χ4n) is 3.78. The van der Waals surface area contributed by atoms with Crippen LogP contribution in [0.2, 0.25) is 0 Å². The lowest BCUT2D eigenvalue weighted by atomic mass is 9.78. The van der Waals surface area contributed by atoms with Gasteiger partial charge >= 0.3 is 5.97 Å². The van der Waals surface area contributed by atoms with E-state index in [-0.39, 0.29) is 5.97 Å². The Morgan fingerprint density at radius 3 is 2.41 bits per heavy atom. The monoisotopic (exact) mass is 362 g/mol. The van der Waals surface area contributed by atoms with Crippen LogP contribution in [0.5, 0.6) is 0 Å². The maximum Gasteiger partial charge on any atom is 0.311 e. The number of rotatable bonds is 7. The first-order valence-corrected chi connectivity index (χ1v) is 9.36. The third-order valence-electron chi connectivity index (χ3n) is 5.30. The van der Waals surface area contributed by atoms with Gasteiger partial charge in [-0.05, 0) is 48.1 Å². The lowest BCUT2D eigenvalue weighted by Crippen LogP contribution is -2.38. The lowest BCUT2D eigenvalue weighted by molar-refractivity contribution is -0.156. The Morgan fingerprint density at radius 2 is 1.67 bits per heavy atom. The number of carbonyl (C=O) groups is 1. The molecule has 27 heavy (non-hydrogen) atoms. The van der Waals surface area contributed by atoms with Gasteiger partial charge in [0.2, 0.25) is 0 Å². The van der Waals surface area contributed by atoms with E-state index in [1.165, 1.54) is 12.7 Å². The number of ether oxygens (including phenoxy) is 1. The first-order chi connectivity index (χ1) is 13.0. The molecule has 0 fully saturated rings. The number of fused-ring (bicyclic) bond motifs is 1. The molecule has 0 aliphatic rings. The fraction of sp³-hybridized carbons (Fsp3) is 0.292. The molecule has 1 N–H and O–H groups in total. The van der Waals surface area contributed by atoms with Crippen molar-refractivity contribution in [2.45, 2.75) is 31.8 Å². The van der Waals surface area contributed by atoms with E-state index < -0.39 is 11.5 Å². The molecule has 0 radical (unpaired) electrons. The van der Waals surface area contributed by atoms with Crippen LogP contribution in [0.25, 0.3) is 10.8 Å². The van der Waals surface area contributed by atoms with Gasteiger partial charge in [0.25, 0.3) is 0 Å². The van der Waals surface area contributed by atoms with Crippen LogP contribution in [0, 0.1) is 5.92 Å². The highest BCUT2D eigenvalue weighted by molar-refractivity contribution is 5.87. The van der Waals surface area contributed by atoms with Gasteiger partial charge < -0.3 is 9.84 Å². The van der Waals surface area contributed by atoms with Crippen LogP contribution in [0.15, 0.2) is 72.8 Å². The Balaban J connectivity index is 1.87. The molecule has 3 aromatic carbocycles. The summed E-state index contributed by atoms with van der Waals surface area (Å²) in [5, 5.41) is 13.4. The highest BCUT2D eigenvalue weighted by atomic mass is 16.5. The molecule has 0 bridgehead atoms. The van der Waals surface area contributed by atoms with Crippen molar-refractivity contribution in [2.75, 3.05) is 7.11 Å². The standard InChI is InChI=1S/C24H26O3/c1-24(26,21-16-9-14-19-13-6-7-15-20(19)21)22(23(25)27-2)17-8-12-18-10-4-3-5-11-18/h3-7,9-11,13-16,22,26H,8,12,17H2,1-2H3/t22-,24+/m0/s1. The Bertz CT molecular complexity index is 894. The van der Waals surface area contributed by atoms with E-state index in [0.29, 0.717) is 6.42 Å². The number of carbonyl (C=O) groups excluding carboxylic acids is 1. The van der Waals surface area contributed by atoms with Gasteiger partial charge in [0.05, 0.1) is 13.0 Å². The van der Waals surface area contributed by atoms with Gasteiger partial charge in [-0.1, -0.05) is 72.8 Å². The number of hydrogen-bond donors (Lipinski definition) is 1. The number of benzene rings is 3. The highest BCUT2D eigenvalue weighted by Gasteiger charge is 2.40. The fourth-order valence-corrected chi connectivity index (χ4v) is 3.78. The summed E-state index contributed by atoms with van der Waals surface area (Å²) in [7, 11) is 1.38. The molecule has 0 aromatic heterocycles. The molecule has 0 aliphatic heterocycles. The van der Waals surface area contributed by atoms with Gasteiger partial charge in [-0.25, -0.2) is 0 Å². The van der Waals surface area contributed by atoms with Gasteiger partial charge in [0.15, 0.2) is 0 Å². The molecule has 0 spiro atoms. The number of esters is 1. The maximum atomic E-state index is 12.5. The van der Waals surface area contributed by atoms with E-state index >= 15 is 0 Å². The van der Waals surface area contributed by atoms with E-state index in [1.807, 2.05) is 60.7 Å². The molecular formula is C24H26O3. The van der Waals surface area contributed by atoms with Crippen molar-refractivity contribution in [3.8, 4) is 0 Å². The average Bonchev–Trinajstić information content (AvgIpc) is 2.70. The molecule has 0 heterocycles. The molecule has 3 rings (SSSR count). The summed E-state index contributed by atoms with van der Waals surface area (Å²) in [4.78, 5) is 12.5. The van der Waals surface area contributed by atoms with Crippen LogP contribution >= 0.6 is 0 Å².